The molecule has 1 aliphatic heterocycles. The lowest BCUT2D eigenvalue weighted by atomic mass is 9.92. The minimum absolute atomic E-state index is 0.0999. The van der Waals surface area contributed by atoms with E-state index >= 15 is 0 Å². The zero-order valence-electron chi connectivity index (χ0n) is 17.0. The lowest BCUT2D eigenvalue weighted by molar-refractivity contribution is 0.0558. The number of hydrogen-bond acceptors (Lipinski definition) is 3. The fourth-order valence-corrected chi connectivity index (χ4v) is 4.12. The molecule has 0 bridgehead atoms. The molecule has 0 spiro atoms. The van der Waals surface area contributed by atoms with Crippen LogP contribution in [0.25, 0.3) is 0 Å². The Balaban J connectivity index is 1.91. The van der Waals surface area contributed by atoms with Gasteiger partial charge < -0.3 is 9.47 Å². The molecule has 150 valence electrons. The quantitative estimate of drug-likeness (QED) is 0.566. The van der Waals surface area contributed by atoms with Gasteiger partial charge in [-0.2, -0.15) is 0 Å². The van der Waals surface area contributed by atoms with Crippen molar-refractivity contribution in [3.8, 4) is 5.75 Å². The van der Waals surface area contributed by atoms with E-state index in [1.807, 2.05) is 43.9 Å². The van der Waals surface area contributed by atoms with E-state index in [0.717, 1.165) is 47.2 Å². The fraction of sp³-hybridized carbons (Fsp3) is 0.435. The van der Waals surface area contributed by atoms with Gasteiger partial charge in [0.1, 0.15) is 11.4 Å². The van der Waals surface area contributed by atoms with Crippen LogP contribution in [0.15, 0.2) is 46.9 Å². The van der Waals surface area contributed by atoms with E-state index < -0.39 is 5.60 Å². The van der Waals surface area contributed by atoms with Gasteiger partial charge in [0.25, 0.3) is 0 Å². The zero-order valence-corrected chi connectivity index (χ0v) is 18.6. The van der Waals surface area contributed by atoms with Crippen molar-refractivity contribution in [1.82, 2.24) is 0 Å². The van der Waals surface area contributed by atoms with Gasteiger partial charge in [-0.1, -0.05) is 30.3 Å². The second-order valence-electron chi connectivity index (χ2n) is 8.18. The molecule has 0 aliphatic carbocycles. The normalized spacial score (nSPS) is 16.5. The van der Waals surface area contributed by atoms with Crippen LogP contribution in [0.5, 0.6) is 5.75 Å². The molecule has 0 N–H and O–H groups in total. The van der Waals surface area contributed by atoms with Gasteiger partial charge in [0, 0.05) is 6.04 Å². The van der Waals surface area contributed by atoms with Crippen LogP contribution in [-0.2, 0) is 17.6 Å². The Bertz CT molecular complexity index is 830. The molecule has 0 radical (unpaired) electrons. The van der Waals surface area contributed by atoms with Crippen LogP contribution in [-0.4, -0.2) is 24.8 Å². The Labute approximate surface area is 176 Å². The first-order valence-electron chi connectivity index (χ1n) is 9.71. The first-order chi connectivity index (χ1) is 13.3. The molecular formula is C23H28BrNO3. The number of nitrogens with zero attached hydrogens (tertiary/aromatic N) is 1. The Morgan fingerprint density at radius 1 is 1.21 bits per heavy atom. The van der Waals surface area contributed by atoms with Crippen LogP contribution in [0.2, 0.25) is 0 Å². The second kappa shape index (κ2) is 8.56. The van der Waals surface area contributed by atoms with Crippen molar-refractivity contribution in [2.45, 2.75) is 58.1 Å². The fourth-order valence-electron chi connectivity index (χ4n) is 3.62. The van der Waals surface area contributed by atoms with Crippen LogP contribution < -0.4 is 9.64 Å². The molecule has 1 amide bonds. The molecular weight excluding hydrogens is 418 g/mol. The number of rotatable bonds is 4. The maximum Gasteiger partial charge on any atom is 0.415 e. The summed E-state index contributed by atoms with van der Waals surface area (Å²) in [6, 6.07) is 14.5. The summed E-state index contributed by atoms with van der Waals surface area (Å²) in [6.07, 6.45) is 3.36. The van der Waals surface area contributed by atoms with E-state index in [-0.39, 0.29) is 12.1 Å². The van der Waals surface area contributed by atoms with Crippen LogP contribution in [0.1, 0.15) is 44.7 Å². The molecule has 0 saturated heterocycles. The van der Waals surface area contributed by atoms with Gasteiger partial charge in [-0.25, -0.2) is 4.79 Å². The minimum atomic E-state index is -0.539. The Morgan fingerprint density at radius 3 is 2.57 bits per heavy atom. The highest BCUT2D eigenvalue weighted by atomic mass is 79.9. The lowest BCUT2D eigenvalue weighted by Gasteiger charge is -2.38. The van der Waals surface area contributed by atoms with Crippen molar-refractivity contribution in [3.05, 3.63) is 58.1 Å². The molecule has 1 unspecified atom stereocenters. The van der Waals surface area contributed by atoms with Gasteiger partial charge in [0.15, 0.2) is 0 Å². The number of methoxy groups -OCH3 is 1. The van der Waals surface area contributed by atoms with Gasteiger partial charge >= 0.3 is 6.09 Å². The summed E-state index contributed by atoms with van der Waals surface area (Å²) in [5.41, 5.74) is 2.77. The summed E-state index contributed by atoms with van der Waals surface area (Å²) < 4.78 is 12.0. The third-order valence-corrected chi connectivity index (χ3v) is 5.54. The second-order valence-corrected chi connectivity index (χ2v) is 9.04. The largest absolute Gasteiger partial charge is 0.496 e. The number of carbonyl (C=O) groups excluding carboxylic acids is 1. The molecule has 2 aromatic rings. The molecule has 28 heavy (non-hydrogen) atoms. The number of halogens is 1. The van der Waals surface area contributed by atoms with Gasteiger partial charge in [-0.05, 0) is 85.6 Å². The van der Waals surface area contributed by atoms with Crippen LogP contribution >= 0.6 is 15.9 Å². The number of ether oxygens (including phenoxy) is 2. The predicted octanol–water partition coefficient (Wildman–Crippen LogP) is 6.15. The van der Waals surface area contributed by atoms with E-state index in [9.17, 15) is 4.79 Å². The van der Waals surface area contributed by atoms with E-state index in [4.69, 9.17) is 9.47 Å². The average Bonchev–Trinajstić information content (AvgIpc) is 2.64. The van der Waals surface area contributed by atoms with E-state index in [2.05, 4.69) is 40.2 Å². The Hall–Kier alpha value is -2.01. The number of fused-ring (bicyclic) bond motifs is 1. The highest BCUT2D eigenvalue weighted by Gasteiger charge is 2.34. The molecule has 4 nitrogen and oxygen atoms in total. The topological polar surface area (TPSA) is 38.8 Å². The molecule has 2 aromatic carbocycles. The van der Waals surface area contributed by atoms with Crippen LogP contribution in [0.3, 0.4) is 0 Å². The summed E-state index contributed by atoms with van der Waals surface area (Å²) in [4.78, 5) is 15.0. The maximum atomic E-state index is 13.1. The Kier molecular flexibility index (Phi) is 6.33. The monoisotopic (exact) mass is 445 g/mol. The number of benzene rings is 2. The van der Waals surface area contributed by atoms with Crippen LogP contribution in [0.4, 0.5) is 10.5 Å². The summed E-state index contributed by atoms with van der Waals surface area (Å²) in [6.45, 7) is 5.70. The molecule has 1 aliphatic rings. The van der Waals surface area contributed by atoms with Gasteiger partial charge in [0.2, 0.25) is 0 Å². The van der Waals surface area contributed by atoms with Gasteiger partial charge in [0.05, 0.1) is 17.3 Å². The number of carbonyl (C=O) groups is 1. The summed E-state index contributed by atoms with van der Waals surface area (Å²) >= 11 is 3.57. The highest BCUT2D eigenvalue weighted by molar-refractivity contribution is 9.10. The molecule has 1 atom stereocenters. The van der Waals surface area contributed by atoms with Crippen molar-refractivity contribution in [2.24, 2.45) is 0 Å². The highest BCUT2D eigenvalue weighted by Crippen LogP contribution is 2.39. The van der Waals surface area contributed by atoms with Crippen molar-refractivity contribution < 1.29 is 14.3 Å². The number of amides is 1. The third-order valence-electron chi connectivity index (χ3n) is 4.92. The minimum Gasteiger partial charge on any atom is -0.496 e. The first kappa shape index (κ1) is 20.7. The van der Waals surface area contributed by atoms with Crippen LogP contribution in [0, 0.1) is 0 Å². The van der Waals surface area contributed by atoms with Crippen molar-refractivity contribution in [3.63, 3.8) is 0 Å². The molecule has 0 saturated carbocycles. The molecule has 5 heteroatoms. The van der Waals surface area contributed by atoms with E-state index in [1.165, 1.54) is 5.56 Å². The molecule has 1 heterocycles. The maximum absolute atomic E-state index is 13.1. The SMILES string of the molecule is COc1cc2c(cc1Br)N(C(=O)OC(C)(C)C)C(CCc1ccccc1)CC2. The number of aryl methyl sites for hydroxylation is 2. The smallest absolute Gasteiger partial charge is 0.415 e. The average molecular weight is 446 g/mol. The van der Waals surface area contributed by atoms with E-state index in [0.29, 0.717) is 0 Å². The summed E-state index contributed by atoms with van der Waals surface area (Å²) in [5, 5.41) is 0. The lowest BCUT2D eigenvalue weighted by Crippen LogP contribution is -2.46. The van der Waals surface area contributed by atoms with E-state index in [1.54, 1.807) is 7.11 Å². The number of anilines is 1. The van der Waals surface area contributed by atoms with Crippen molar-refractivity contribution in [1.29, 1.82) is 0 Å². The standard InChI is InChI=1S/C23H28BrNO3/c1-23(2,3)28-22(26)25-18(12-10-16-8-6-5-7-9-16)13-11-17-14-21(27-4)19(24)15-20(17)25/h5-9,14-15,18H,10-13H2,1-4H3. The molecule has 0 fully saturated rings. The van der Waals surface area contributed by atoms with Crippen molar-refractivity contribution >= 4 is 27.7 Å². The third kappa shape index (κ3) is 4.88. The van der Waals surface area contributed by atoms with Crippen molar-refractivity contribution in [2.75, 3.05) is 12.0 Å². The number of hydrogen-bond donors (Lipinski definition) is 0. The predicted molar refractivity (Wildman–Crippen MR) is 116 cm³/mol. The first-order valence-corrected chi connectivity index (χ1v) is 10.5. The zero-order chi connectivity index (χ0) is 20.3. The van der Waals surface area contributed by atoms with Gasteiger partial charge in [-0.3, -0.25) is 4.90 Å². The molecule has 0 aromatic heterocycles. The summed E-state index contributed by atoms with van der Waals surface area (Å²) in [5.74, 6) is 0.783. The summed E-state index contributed by atoms with van der Waals surface area (Å²) in [7, 11) is 1.66. The molecule has 3 rings (SSSR count). The van der Waals surface area contributed by atoms with Gasteiger partial charge in [-0.15, -0.1) is 0 Å². The Morgan fingerprint density at radius 2 is 1.93 bits per heavy atom.